The number of aromatic nitrogens is 2. The monoisotopic (exact) mass is 198 g/mol. The van der Waals surface area contributed by atoms with Crippen LogP contribution in [0.5, 0.6) is 0 Å². The van der Waals surface area contributed by atoms with Crippen molar-refractivity contribution in [3.05, 3.63) is 17.0 Å². The molecule has 0 saturated carbocycles. The molecule has 4 heteroatoms. The van der Waals surface area contributed by atoms with Crippen LogP contribution in [0.15, 0.2) is 0 Å². The Morgan fingerprint density at radius 2 is 2.31 bits per heavy atom. The molecule has 1 aromatic rings. The predicted octanol–water partition coefficient (Wildman–Crippen LogP) is 1.34. The van der Waals surface area contributed by atoms with Crippen LogP contribution in [-0.4, -0.2) is 20.2 Å². The minimum Gasteiger partial charge on any atom is -0.281 e. The molecule has 0 spiro atoms. The summed E-state index contributed by atoms with van der Waals surface area (Å²) in [5, 5.41) is 7.27. The highest BCUT2D eigenvalue weighted by molar-refractivity contribution is 7.84. The molecule has 1 unspecified atom stereocenters. The molecule has 0 aliphatic carbocycles. The fourth-order valence-corrected chi connectivity index (χ4v) is 2.88. The van der Waals surface area contributed by atoms with Gasteiger partial charge in [0.2, 0.25) is 0 Å². The van der Waals surface area contributed by atoms with Crippen LogP contribution in [0.3, 0.4) is 0 Å². The summed E-state index contributed by atoms with van der Waals surface area (Å²) < 4.78 is 11.3. The average molecular weight is 198 g/mol. The van der Waals surface area contributed by atoms with Gasteiger partial charge in [0.1, 0.15) is 0 Å². The Morgan fingerprint density at radius 3 is 3.00 bits per heavy atom. The molecule has 3 nitrogen and oxygen atoms in total. The van der Waals surface area contributed by atoms with Gasteiger partial charge in [-0.25, -0.2) is 0 Å². The van der Waals surface area contributed by atoms with E-state index in [1.807, 2.05) is 0 Å². The third-order valence-electron chi connectivity index (χ3n) is 2.42. The van der Waals surface area contributed by atoms with E-state index in [9.17, 15) is 4.21 Å². The van der Waals surface area contributed by atoms with E-state index in [0.29, 0.717) is 11.7 Å². The molecule has 0 bridgehead atoms. The van der Waals surface area contributed by atoms with Gasteiger partial charge in [-0.05, 0) is 17.9 Å². The number of nitrogens with zero attached hydrogens (tertiary/aromatic N) is 1. The topological polar surface area (TPSA) is 45.8 Å². The second-order valence-corrected chi connectivity index (χ2v) is 5.34. The lowest BCUT2D eigenvalue weighted by molar-refractivity contribution is 0.678. The molecule has 2 rings (SSSR count). The van der Waals surface area contributed by atoms with Crippen molar-refractivity contribution >= 4 is 10.8 Å². The quantitative estimate of drug-likeness (QED) is 0.740. The van der Waals surface area contributed by atoms with Crippen molar-refractivity contribution in [2.24, 2.45) is 0 Å². The number of rotatable bonds is 1. The maximum Gasteiger partial charge on any atom is 0.0682 e. The van der Waals surface area contributed by atoms with Crippen molar-refractivity contribution < 1.29 is 4.21 Å². The molecular weight excluding hydrogens is 184 g/mol. The largest absolute Gasteiger partial charge is 0.281 e. The van der Waals surface area contributed by atoms with Crippen LogP contribution >= 0.6 is 0 Å². The maximum atomic E-state index is 11.3. The van der Waals surface area contributed by atoms with Crippen molar-refractivity contribution in [1.29, 1.82) is 0 Å². The number of hydrogen-bond donors (Lipinski definition) is 1. The van der Waals surface area contributed by atoms with Crippen molar-refractivity contribution in [3.8, 4) is 0 Å². The van der Waals surface area contributed by atoms with Crippen molar-refractivity contribution in [1.82, 2.24) is 10.2 Å². The van der Waals surface area contributed by atoms with Gasteiger partial charge in [0, 0.05) is 16.6 Å². The SMILES string of the molecule is CC(C)c1n[nH]c2c1CCS(=O)C2. The smallest absolute Gasteiger partial charge is 0.0682 e. The molecule has 0 radical (unpaired) electrons. The van der Waals surface area contributed by atoms with Gasteiger partial charge in [-0.1, -0.05) is 13.8 Å². The molecule has 0 aromatic carbocycles. The van der Waals surface area contributed by atoms with Crippen LogP contribution in [0.4, 0.5) is 0 Å². The first-order valence-electron chi connectivity index (χ1n) is 4.59. The Morgan fingerprint density at radius 1 is 1.54 bits per heavy atom. The highest BCUT2D eigenvalue weighted by atomic mass is 32.2. The summed E-state index contributed by atoms with van der Waals surface area (Å²) in [6.07, 6.45) is 0.923. The minimum absolute atomic E-state index is 0.464. The number of nitrogens with one attached hydrogen (secondary N) is 1. The number of hydrogen-bond acceptors (Lipinski definition) is 2. The fraction of sp³-hybridized carbons (Fsp3) is 0.667. The fourth-order valence-electron chi connectivity index (χ4n) is 1.74. The van der Waals surface area contributed by atoms with Crippen LogP contribution in [0, 0.1) is 0 Å². The van der Waals surface area contributed by atoms with E-state index in [4.69, 9.17) is 0 Å². The van der Waals surface area contributed by atoms with Crippen LogP contribution < -0.4 is 0 Å². The molecule has 1 atom stereocenters. The standard InChI is InChI=1S/C9H14N2OS/c1-6(2)9-7-3-4-13(12)5-8(7)10-11-9/h6H,3-5H2,1-2H3,(H,10,11). The third-order valence-corrected chi connectivity index (χ3v) is 3.69. The van der Waals surface area contributed by atoms with E-state index in [2.05, 4.69) is 24.0 Å². The van der Waals surface area contributed by atoms with E-state index in [1.165, 1.54) is 5.56 Å². The molecule has 0 amide bonds. The van der Waals surface area contributed by atoms with E-state index in [-0.39, 0.29) is 0 Å². The lowest BCUT2D eigenvalue weighted by Gasteiger charge is -2.12. The molecule has 1 aromatic heterocycles. The first-order chi connectivity index (χ1) is 6.18. The molecule has 1 aliphatic heterocycles. The lowest BCUT2D eigenvalue weighted by atomic mass is 10.0. The normalized spacial score (nSPS) is 21.9. The maximum absolute atomic E-state index is 11.3. The molecule has 0 saturated heterocycles. The van der Waals surface area contributed by atoms with Gasteiger partial charge in [0.05, 0.1) is 17.1 Å². The van der Waals surface area contributed by atoms with E-state index in [1.54, 1.807) is 0 Å². The number of H-pyrrole nitrogens is 1. The first-order valence-corrected chi connectivity index (χ1v) is 6.08. The number of aromatic amines is 1. The van der Waals surface area contributed by atoms with E-state index >= 15 is 0 Å². The molecule has 2 heterocycles. The van der Waals surface area contributed by atoms with Gasteiger partial charge >= 0.3 is 0 Å². The van der Waals surface area contributed by atoms with Crippen LogP contribution in [0.2, 0.25) is 0 Å². The zero-order valence-electron chi connectivity index (χ0n) is 7.96. The van der Waals surface area contributed by atoms with Gasteiger partial charge in [0.15, 0.2) is 0 Å². The van der Waals surface area contributed by atoms with Gasteiger partial charge in [-0.2, -0.15) is 5.10 Å². The third kappa shape index (κ3) is 1.55. The second-order valence-electron chi connectivity index (χ2n) is 3.76. The van der Waals surface area contributed by atoms with Gasteiger partial charge in [-0.15, -0.1) is 0 Å². The molecule has 0 fully saturated rings. The van der Waals surface area contributed by atoms with Crippen LogP contribution in [-0.2, 0) is 23.0 Å². The molecule has 1 aliphatic rings. The lowest BCUT2D eigenvalue weighted by Crippen LogP contribution is -2.13. The summed E-state index contributed by atoms with van der Waals surface area (Å²) in [5.74, 6) is 1.92. The van der Waals surface area contributed by atoms with Gasteiger partial charge in [-0.3, -0.25) is 9.31 Å². The Labute approximate surface area is 80.4 Å². The highest BCUT2D eigenvalue weighted by Gasteiger charge is 2.21. The zero-order valence-corrected chi connectivity index (χ0v) is 8.78. The van der Waals surface area contributed by atoms with Crippen molar-refractivity contribution in [2.75, 3.05) is 5.75 Å². The van der Waals surface area contributed by atoms with Crippen molar-refractivity contribution in [3.63, 3.8) is 0 Å². The summed E-state index contributed by atoms with van der Waals surface area (Å²) in [6.45, 7) is 4.28. The average Bonchev–Trinajstić information content (AvgIpc) is 2.46. The summed E-state index contributed by atoms with van der Waals surface area (Å²) >= 11 is 0. The predicted molar refractivity (Wildman–Crippen MR) is 53.1 cm³/mol. The summed E-state index contributed by atoms with van der Waals surface area (Å²) in [5.41, 5.74) is 3.56. The van der Waals surface area contributed by atoms with E-state index in [0.717, 1.165) is 23.6 Å². The number of fused-ring (bicyclic) bond motifs is 1. The molecular formula is C9H14N2OS. The summed E-state index contributed by atoms with van der Waals surface area (Å²) in [4.78, 5) is 0. The minimum atomic E-state index is -0.673. The van der Waals surface area contributed by atoms with Gasteiger partial charge in [0.25, 0.3) is 0 Å². The zero-order chi connectivity index (χ0) is 9.42. The van der Waals surface area contributed by atoms with Crippen LogP contribution in [0.25, 0.3) is 0 Å². The first kappa shape index (κ1) is 8.94. The Hall–Kier alpha value is -0.640. The molecule has 72 valence electrons. The highest BCUT2D eigenvalue weighted by Crippen LogP contribution is 2.24. The van der Waals surface area contributed by atoms with Gasteiger partial charge < -0.3 is 0 Å². The Kier molecular flexibility index (Phi) is 2.24. The Bertz CT molecular complexity index is 343. The second kappa shape index (κ2) is 3.25. The van der Waals surface area contributed by atoms with Crippen molar-refractivity contribution in [2.45, 2.75) is 31.9 Å². The Balaban J connectivity index is 2.38. The van der Waals surface area contributed by atoms with Crippen LogP contribution in [0.1, 0.15) is 36.7 Å². The molecule has 13 heavy (non-hydrogen) atoms. The summed E-state index contributed by atoms with van der Waals surface area (Å²) in [7, 11) is -0.673. The summed E-state index contributed by atoms with van der Waals surface area (Å²) in [6, 6.07) is 0. The van der Waals surface area contributed by atoms with E-state index < -0.39 is 10.8 Å². The molecule has 1 N–H and O–H groups in total.